The van der Waals surface area contributed by atoms with E-state index in [1.165, 1.54) is 11.1 Å². The molecule has 1 saturated heterocycles. The first kappa shape index (κ1) is 11.2. The summed E-state index contributed by atoms with van der Waals surface area (Å²) >= 11 is 0. The predicted octanol–water partition coefficient (Wildman–Crippen LogP) is 1.21. The topological polar surface area (TPSA) is 24.5 Å². The van der Waals surface area contributed by atoms with Gasteiger partial charge in [-0.25, -0.2) is 0 Å². The number of fused-ring (bicyclic) bond motifs is 1. The molecular weight excluding hydrogens is 212 g/mol. The molecule has 2 aliphatic heterocycles. The molecule has 0 amide bonds. The van der Waals surface area contributed by atoms with Crippen molar-refractivity contribution in [1.29, 1.82) is 0 Å². The Hall–Kier alpha value is -0.900. The molecule has 0 saturated carbocycles. The van der Waals surface area contributed by atoms with E-state index >= 15 is 0 Å². The fraction of sp³-hybridized carbons (Fsp3) is 0.571. The minimum absolute atomic E-state index is 0.498. The zero-order valence-corrected chi connectivity index (χ0v) is 10.2. The van der Waals surface area contributed by atoms with Gasteiger partial charge in [-0.2, -0.15) is 0 Å². The minimum atomic E-state index is 0.498. The van der Waals surface area contributed by atoms with E-state index in [1.54, 1.807) is 0 Å². The third-order valence-corrected chi connectivity index (χ3v) is 3.76. The van der Waals surface area contributed by atoms with Crippen LogP contribution in [0.25, 0.3) is 0 Å². The Morgan fingerprint density at radius 3 is 2.94 bits per heavy atom. The number of hydrogen-bond acceptors (Lipinski definition) is 3. The molecule has 0 aromatic heterocycles. The van der Waals surface area contributed by atoms with E-state index in [0.29, 0.717) is 6.04 Å². The van der Waals surface area contributed by atoms with Crippen LogP contribution in [0.15, 0.2) is 24.3 Å². The fourth-order valence-electron chi connectivity index (χ4n) is 2.80. The molecule has 0 aliphatic carbocycles. The number of nitrogens with zero attached hydrogens (tertiary/aromatic N) is 1. The van der Waals surface area contributed by atoms with Gasteiger partial charge in [-0.1, -0.05) is 24.3 Å². The van der Waals surface area contributed by atoms with E-state index in [9.17, 15) is 0 Å². The number of morpholine rings is 1. The largest absolute Gasteiger partial charge is 0.379 e. The maximum atomic E-state index is 5.40. The highest BCUT2D eigenvalue weighted by molar-refractivity contribution is 5.32. The van der Waals surface area contributed by atoms with Crippen molar-refractivity contribution in [3.63, 3.8) is 0 Å². The number of ether oxygens (including phenoxy) is 1. The lowest BCUT2D eigenvalue weighted by Crippen LogP contribution is -2.43. The van der Waals surface area contributed by atoms with Crippen molar-refractivity contribution < 1.29 is 4.74 Å². The van der Waals surface area contributed by atoms with E-state index in [-0.39, 0.29) is 0 Å². The van der Waals surface area contributed by atoms with Crippen molar-refractivity contribution in [2.45, 2.75) is 12.5 Å². The Morgan fingerprint density at radius 2 is 2.06 bits per heavy atom. The second-order valence-electron chi connectivity index (χ2n) is 4.87. The third kappa shape index (κ3) is 2.51. The van der Waals surface area contributed by atoms with Gasteiger partial charge >= 0.3 is 0 Å². The van der Waals surface area contributed by atoms with Gasteiger partial charge in [-0.15, -0.1) is 0 Å². The summed E-state index contributed by atoms with van der Waals surface area (Å²) in [6.45, 7) is 6.12. The lowest BCUT2D eigenvalue weighted by atomic mass is 9.94. The standard InChI is InChI=1S/C14H20N2O/c1-2-4-13-12(3-1)5-6-15-14(13)11-16-7-9-17-10-8-16/h1-4,14-15H,5-11H2/t14-/m0/s1. The SMILES string of the molecule is c1ccc2c(c1)CCN[C@H]2CN1CCOCC1. The van der Waals surface area contributed by atoms with Gasteiger partial charge < -0.3 is 10.1 Å². The number of benzene rings is 1. The van der Waals surface area contributed by atoms with Crippen LogP contribution in [0.2, 0.25) is 0 Å². The lowest BCUT2D eigenvalue weighted by molar-refractivity contribution is 0.0331. The Balaban J connectivity index is 1.71. The van der Waals surface area contributed by atoms with Gasteiger partial charge in [0.25, 0.3) is 0 Å². The molecule has 0 unspecified atom stereocenters. The summed E-state index contributed by atoms with van der Waals surface area (Å²) in [4.78, 5) is 2.50. The van der Waals surface area contributed by atoms with Gasteiger partial charge in [0, 0.05) is 25.7 Å². The zero-order valence-electron chi connectivity index (χ0n) is 10.2. The summed E-state index contributed by atoms with van der Waals surface area (Å²) in [7, 11) is 0. The summed E-state index contributed by atoms with van der Waals surface area (Å²) in [6, 6.07) is 9.33. The molecule has 1 aromatic rings. The van der Waals surface area contributed by atoms with Crippen molar-refractivity contribution in [1.82, 2.24) is 10.2 Å². The molecule has 1 atom stereocenters. The molecule has 3 nitrogen and oxygen atoms in total. The normalized spacial score (nSPS) is 25.5. The summed E-state index contributed by atoms with van der Waals surface area (Å²) in [5.41, 5.74) is 3.01. The van der Waals surface area contributed by atoms with Crippen LogP contribution < -0.4 is 5.32 Å². The maximum absolute atomic E-state index is 5.40. The van der Waals surface area contributed by atoms with Crippen LogP contribution >= 0.6 is 0 Å². The second kappa shape index (κ2) is 5.17. The maximum Gasteiger partial charge on any atom is 0.0594 e. The monoisotopic (exact) mass is 232 g/mol. The van der Waals surface area contributed by atoms with Crippen molar-refractivity contribution in [2.24, 2.45) is 0 Å². The van der Waals surface area contributed by atoms with E-state index < -0.39 is 0 Å². The summed E-state index contributed by atoms with van der Waals surface area (Å²) in [5, 5.41) is 3.64. The molecule has 0 spiro atoms. The van der Waals surface area contributed by atoms with Gasteiger partial charge in [0.05, 0.1) is 13.2 Å². The van der Waals surface area contributed by atoms with Crippen molar-refractivity contribution in [3.8, 4) is 0 Å². The molecule has 3 heteroatoms. The molecule has 0 radical (unpaired) electrons. The van der Waals surface area contributed by atoms with Crippen LogP contribution in [0.3, 0.4) is 0 Å². The Labute approximate surface area is 103 Å². The molecule has 92 valence electrons. The predicted molar refractivity (Wildman–Crippen MR) is 68.1 cm³/mol. The van der Waals surface area contributed by atoms with Crippen molar-refractivity contribution in [2.75, 3.05) is 39.4 Å². The number of hydrogen-bond donors (Lipinski definition) is 1. The van der Waals surface area contributed by atoms with Gasteiger partial charge in [0.2, 0.25) is 0 Å². The van der Waals surface area contributed by atoms with Crippen LogP contribution in [-0.4, -0.2) is 44.3 Å². The summed E-state index contributed by atoms with van der Waals surface area (Å²) in [6.07, 6.45) is 1.16. The third-order valence-electron chi connectivity index (χ3n) is 3.76. The molecule has 17 heavy (non-hydrogen) atoms. The van der Waals surface area contributed by atoms with Gasteiger partial charge in [-0.05, 0) is 24.1 Å². The van der Waals surface area contributed by atoms with E-state index in [2.05, 4.69) is 34.5 Å². The minimum Gasteiger partial charge on any atom is -0.379 e. The van der Waals surface area contributed by atoms with E-state index in [4.69, 9.17) is 4.74 Å². The van der Waals surface area contributed by atoms with Crippen LogP contribution in [0, 0.1) is 0 Å². The van der Waals surface area contributed by atoms with Gasteiger partial charge in [0.15, 0.2) is 0 Å². The van der Waals surface area contributed by atoms with Crippen LogP contribution in [0.1, 0.15) is 17.2 Å². The molecule has 1 N–H and O–H groups in total. The first-order chi connectivity index (χ1) is 8.43. The highest BCUT2D eigenvalue weighted by Crippen LogP contribution is 2.23. The van der Waals surface area contributed by atoms with Crippen LogP contribution in [0.4, 0.5) is 0 Å². The summed E-state index contributed by atoms with van der Waals surface area (Å²) in [5.74, 6) is 0. The molecule has 3 rings (SSSR count). The second-order valence-corrected chi connectivity index (χ2v) is 4.87. The highest BCUT2D eigenvalue weighted by Gasteiger charge is 2.22. The first-order valence-corrected chi connectivity index (χ1v) is 6.55. The van der Waals surface area contributed by atoms with Crippen molar-refractivity contribution in [3.05, 3.63) is 35.4 Å². The molecule has 2 heterocycles. The number of nitrogens with one attached hydrogen (secondary N) is 1. The Kier molecular flexibility index (Phi) is 3.41. The quantitative estimate of drug-likeness (QED) is 0.829. The molecule has 1 fully saturated rings. The molecule has 1 aromatic carbocycles. The smallest absolute Gasteiger partial charge is 0.0594 e. The first-order valence-electron chi connectivity index (χ1n) is 6.55. The zero-order chi connectivity index (χ0) is 11.5. The average molecular weight is 232 g/mol. The molecule has 0 bridgehead atoms. The Morgan fingerprint density at radius 1 is 1.24 bits per heavy atom. The Bertz CT molecular complexity index is 374. The van der Waals surface area contributed by atoms with Gasteiger partial charge in [-0.3, -0.25) is 4.90 Å². The summed E-state index contributed by atoms with van der Waals surface area (Å²) < 4.78 is 5.40. The van der Waals surface area contributed by atoms with E-state index in [0.717, 1.165) is 45.8 Å². The van der Waals surface area contributed by atoms with Crippen LogP contribution in [0.5, 0.6) is 0 Å². The lowest BCUT2D eigenvalue weighted by Gasteiger charge is -2.34. The van der Waals surface area contributed by atoms with Crippen LogP contribution in [-0.2, 0) is 11.2 Å². The molecule has 2 aliphatic rings. The fourth-order valence-corrected chi connectivity index (χ4v) is 2.80. The van der Waals surface area contributed by atoms with E-state index in [1.807, 2.05) is 0 Å². The van der Waals surface area contributed by atoms with Crippen molar-refractivity contribution >= 4 is 0 Å². The average Bonchev–Trinajstić information content (AvgIpc) is 2.40. The number of rotatable bonds is 2. The highest BCUT2D eigenvalue weighted by atomic mass is 16.5. The van der Waals surface area contributed by atoms with Gasteiger partial charge in [0.1, 0.15) is 0 Å². The molecular formula is C14H20N2O.